The molecule has 0 unspecified atom stereocenters. The van der Waals surface area contributed by atoms with Crippen LogP contribution in [0.5, 0.6) is 0 Å². The summed E-state index contributed by atoms with van der Waals surface area (Å²) < 4.78 is 6.58. The number of amides is 3. The van der Waals surface area contributed by atoms with Gasteiger partial charge in [-0.25, -0.2) is 0 Å². The van der Waals surface area contributed by atoms with E-state index >= 15 is 0 Å². The zero-order chi connectivity index (χ0) is 31.1. The van der Waals surface area contributed by atoms with Crippen LogP contribution in [0, 0.1) is 5.92 Å². The molecule has 1 aromatic heterocycles. The van der Waals surface area contributed by atoms with Gasteiger partial charge in [0.2, 0.25) is 11.8 Å². The minimum atomic E-state index is -1.03. The molecule has 6 rings (SSSR count). The van der Waals surface area contributed by atoms with Gasteiger partial charge in [-0.1, -0.05) is 61.4 Å². The fourth-order valence-corrected chi connectivity index (χ4v) is 8.25. The number of carbonyl (C=O) groups excluding carboxylic acids is 3. The number of thiophene rings is 1. The lowest BCUT2D eigenvalue weighted by Crippen LogP contribution is -2.61. The van der Waals surface area contributed by atoms with Crippen LogP contribution in [0.15, 0.2) is 60.7 Å². The number of hydrogen-bond acceptors (Lipinski definition) is 6. The molecule has 2 aromatic carbocycles. The number of likely N-dealkylation sites (tertiary alicyclic amines) is 1. The van der Waals surface area contributed by atoms with Crippen molar-refractivity contribution < 1.29 is 19.1 Å². The smallest absolute Gasteiger partial charge is 0.262 e. The van der Waals surface area contributed by atoms with Gasteiger partial charge in [0, 0.05) is 36.9 Å². The average molecular weight is 631 g/mol. The zero-order valence-corrected chi connectivity index (χ0v) is 26.9. The van der Waals surface area contributed by atoms with Crippen molar-refractivity contribution in [1.29, 1.82) is 0 Å². The maximum atomic E-state index is 14.0. The Balaban J connectivity index is 1.07. The maximum absolute atomic E-state index is 14.0. The van der Waals surface area contributed by atoms with Crippen LogP contribution in [0.3, 0.4) is 0 Å². The van der Waals surface area contributed by atoms with Crippen molar-refractivity contribution >= 4 is 39.1 Å². The van der Waals surface area contributed by atoms with Crippen LogP contribution in [0.4, 0.5) is 0 Å². The topological polar surface area (TPSA) is 99.8 Å². The minimum absolute atomic E-state index is 0.171. The average Bonchev–Trinajstić information content (AvgIpc) is 3.74. The van der Waals surface area contributed by atoms with Crippen LogP contribution < -0.4 is 16.0 Å². The third kappa shape index (κ3) is 7.94. The molecule has 1 atom stereocenters. The van der Waals surface area contributed by atoms with E-state index in [4.69, 9.17) is 4.74 Å². The van der Waals surface area contributed by atoms with E-state index in [1.54, 1.807) is 0 Å². The highest BCUT2D eigenvalue weighted by atomic mass is 32.1. The quantitative estimate of drug-likeness (QED) is 0.275. The van der Waals surface area contributed by atoms with Crippen LogP contribution in [0.1, 0.15) is 73.0 Å². The second-order valence-corrected chi connectivity index (χ2v) is 14.1. The Bertz CT molecular complexity index is 1410. The number of hydrogen-bond donors (Lipinski definition) is 3. The number of nitrogens with zero attached hydrogens (tertiary/aromatic N) is 1. The molecular formula is C36H46N4O4S. The van der Waals surface area contributed by atoms with Gasteiger partial charge in [0.25, 0.3) is 5.91 Å². The summed E-state index contributed by atoms with van der Waals surface area (Å²) in [4.78, 5) is 44.2. The lowest BCUT2D eigenvalue weighted by Gasteiger charge is -2.39. The Morgan fingerprint density at radius 2 is 1.64 bits per heavy atom. The van der Waals surface area contributed by atoms with Crippen LogP contribution in [-0.4, -0.2) is 73.1 Å². The molecule has 45 heavy (non-hydrogen) atoms. The Labute approximate surface area is 270 Å². The van der Waals surface area contributed by atoms with E-state index in [2.05, 4.69) is 20.9 Å². The van der Waals surface area contributed by atoms with Gasteiger partial charge in [-0.2, -0.15) is 0 Å². The summed E-state index contributed by atoms with van der Waals surface area (Å²) in [5.74, 6) is -0.0866. The number of nitrogens with one attached hydrogen (secondary N) is 3. The van der Waals surface area contributed by atoms with E-state index < -0.39 is 11.6 Å². The van der Waals surface area contributed by atoms with Gasteiger partial charge in [-0.15, -0.1) is 11.3 Å². The Kier molecular flexibility index (Phi) is 10.5. The number of fused-ring (bicyclic) bond motifs is 1. The van der Waals surface area contributed by atoms with Gasteiger partial charge in [-0.3, -0.25) is 14.4 Å². The van der Waals surface area contributed by atoms with E-state index in [9.17, 15) is 14.4 Å². The van der Waals surface area contributed by atoms with Crippen molar-refractivity contribution in [3.63, 3.8) is 0 Å². The Morgan fingerprint density at radius 1 is 0.933 bits per heavy atom. The zero-order valence-electron chi connectivity index (χ0n) is 26.1. The minimum Gasteiger partial charge on any atom is -0.381 e. The second kappa shape index (κ2) is 14.9. The lowest BCUT2D eigenvalue weighted by atomic mass is 9.91. The monoisotopic (exact) mass is 630 g/mol. The van der Waals surface area contributed by atoms with Crippen molar-refractivity contribution in [3.8, 4) is 0 Å². The van der Waals surface area contributed by atoms with Crippen molar-refractivity contribution in [2.45, 2.75) is 81.8 Å². The highest BCUT2D eigenvalue weighted by molar-refractivity contribution is 7.20. The number of ether oxygens (including phenoxy) is 1. The molecule has 0 spiro atoms. The van der Waals surface area contributed by atoms with E-state index in [0.29, 0.717) is 42.6 Å². The molecule has 0 radical (unpaired) electrons. The highest BCUT2D eigenvalue weighted by Crippen LogP contribution is 2.32. The van der Waals surface area contributed by atoms with Crippen molar-refractivity contribution in [3.05, 3.63) is 71.1 Å². The first-order valence-electron chi connectivity index (χ1n) is 16.7. The van der Waals surface area contributed by atoms with Gasteiger partial charge in [0.1, 0.15) is 11.6 Å². The first-order valence-corrected chi connectivity index (χ1v) is 17.6. The fourth-order valence-electron chi connectivity index (χ4n) is 7.30. The van der Waals surface area contributed by atoms with E-state index in [0.717, 1.165) is 86.9 Å². The van der Waals surface area contributed by atoms with E-state index in [-0.39, 0.29) is 17.7 Å². The predicted molar refractivity (Wildman–Crippen MR) is 178 cm³/mol. The van der Waals surface area contributed by atoms with Crippen molar-refractivity contribution in [1.82, 2.24) is 20.9 Å². The number of carbonyl (C=O) groups is 3. The molecular weight excluding hydrogens is 584 g/mol. The molecule has 3 amide bonds. The summed E-state index contributed by atoms with van der Waals surface area (Å²) in [7, 11) is 0. The molecule has 3 heterocycles. The predicted octanol–water partition coefficient (Wildman–Crippen LogP) is 5.07. The number of piperidine rings is 1. The van der Waals surface area contributed by atoms with Gasteiger partial charge in [-0.05, 0) is 87.0 Å². The first-order chi connectivity index (χ1) is 22.0. The number of benzene rings is 2. The van der Waals surface area contributed by atoms with Crippen LogP contribution >= 0.6 is 11.3 Å². The highest BCUT2D eigenvalue weighted by Gasteiger charge is 2.44. The molecule has 8 nitrogen and oxygen atoms in total. The second-order valence-electron chi connectivity index (χ2n) is 13.0. The van der Waals surface area contributed by atoms with Gasteiger partial charge < -0.3 is 25.6 Å². The molecule has 0 bridgehead atoms. The molecule has 2 saturated heterocycles. The van der Waals surface area contributed by atoms with E-state index in [1.807, 2.05) is 60.7 Å². The summed E-state index contributed by atoms with van der Waals surface area (Å²) in [6.07, 6.45) is 8.71. The molecule has 9 heteroatoms. The first kappa shape index (κ1) is 31.7. The fraction of sp³-hybridized carbons (Fsp3) is 0.528. The molecule has 2 aliphatic heterocycles. The molecule has 240 valence electrons. The molecule has 3 N–H and O–H groups in total. The Morgan fingerprint density at radius 3 is 2.38 bits per heavy atom. The lowest BCUT2D eigenvalue weighted by molar-refractivity contribution is -0.132. The summed E-state index contributed by atoms with van der Waals surface area (Å²) >= 11 is 1.43. The van der Waals surface area contributed by atoms with E-state index in [1.165, 1.54) is 11.3 Å². The van der Waals surface area contributed by atoms with Gasteiger partial charge >= 0.3 is 0 Å². The molecule has 3 fully saturated rings. The van der Waals surface area contributed by atoms with Crippen molar-refractivity contribution in [2.24, 2.45) is 5.92 Å². The normalized spacial score (nSPS) is 20.1. The third-order valence-corrected chi connectivity index (χ3v) is 11.1. The van der Waals surface area contributed by atoms with Crippen molar-refractivity contribution in [2.75, 3.05) is 32.8 Å². The van der Waals surface area contributed by atoms with Gasteiger partial charge in [0.05, 0.1) is 4.88 Å². The van der Waals surface area contributed by atoms with Crippen LogP contribution in [0.2, 0.25) is 0 Å². The molecule has 3 aromatic rings. The number of rotatable bonds is 11. The maximum Gasteiger partial charge on any atom is 0.262 e. The van der Waals surface area contributed by atoms with Crippen LogP contribution in [0.25, 0.3) is 10.1 Å². The summed E-state index contributed by atoms with van der Waals surface area (Å²) in [6.45, 7) is 4.57. The standard InChI is InChI=1S/C36H46N4O4S/c41-33(37-19-12-26-13-20-40(21-14-26)29-15-22-44-23-16-29)30(24-27-8-2-1-3-9-27)38-35(43)36(17-6-7-18-36)39-34(42)32-25-28-10-4-5-11-31(28)45-32/h1-5,8-11,25-26,29-30H,6-7,12-24H2,(H,37,41)(H,38,43)(H,39,42)/t30-/m1/s1. The molecule has 3 aliphatic rings. The summed E-state index contributed by atoms with van der Waals surface area (Å²) in [5, 5.41) is 10.4. The summed E-state index contributed by atoms with van der Waals surface area (Å²) in [5.41, 5.74) is -0.0470. The summed E-state index contributed by atoms with van der Waals surface area (Å²) in [6, 6.07) is 19.5. The third-order valence-electron chi connectivity index (χ3n) is 10.0. The molecule has 1 saturated carbocycles. The largest absolute Gasteiger partial charge is 0.381 e. The molecule has 1 aliphatic carbocycles. The van der Waals surface area contributed by atoms with Crippen LogP contribution in [-0.2, 0) is 20.7 Å². The Hall–Kier alpha value is -3.27. The van der Waals surface area contributed by atoms with Gasteiger partial charge in [0.15, 0.2) is 0 Å². The SMILES string of the molecule is O=C(NC1(C(=O)N[C@H](Cc2ccccc2)C(=O)NCCC2CCN(C3CCOCC3)CC2)CCCC1)c1cc2ccccc2s1.